The van der Waals surface area contributed by atoms with E-state index in [9.17, 15) is 4.79 Å². The van der Waals surface area contributed by atoms with Gasteiger partial charge in [0.15, 0.2) is 0 Å². The van der Waals surface area contributed by atoms with Crippen LogP contribution in [0.5, 0.6) is 0 Å². The molecule has 1 heterocycles. The fourth-order valence-corrected chi connectivity index (χ4v) is 2.62. The maximum atomic E-state index is 12.3. The number of hydrogen-bond acceptors (Lipinski definition) is 4. The predicted molar refractivity (Wildman–Crippen MR) is 86.9 cm³/mol. The van der Waals surface area contributed by atoms with Crippen LogP contribution in [-0.4, -0.2) is 42.6 Å². The van der Waals surface area contributed by atoms with Gasteiger partial charge in [-0.2, -0.15) is 0 Å². The van der Waals surface area contributed by atoms with Crippen molar-refractivity contribution in [3.63, 3.8) is 0 Å². The van der Waals surface area contributed by atoms with Crippen LogP contribution in [0.4, 0.5) is 5.69 Å². The molecule has 0 spiro atoms. The molecule has 21 heavy (non-hydrogen) atoms. The van der Waals surface area contributed by atoms with E-state index in [0.29, 0.717) is 25.4 Å². The van der Waals surface area contributed by atoms with Crippen LogP contribution < -0.4 is 11.1 Å². The second-order valence-electron chi connectivity index (χ2n) is 5.58. The molecule has 0 aliphatic carbocycles. The van der Waals surface area contributed by atoms with Crippen LogP contribution in [0.15, 0.2) is 22.7 Å². The molecule has 1 atom stereocenters. The van der Waals surface area contributed by atoms with E-state index < -0.39 is 0 Å². The van der Waals surface area contributed by atoms with Crippen molar-refractivity contribution in [2.45, 2.75) is 32.5 Å². The second-order valence-corrected chi connectivity index (χ2v) is 6.43. The summed E-state index contributed by atoms with van der Waals surface area (Å²) in [7, 11) is 0. The van der Waals surface area contributed by atoms with Gasteiger partial charge in [0.25, 0.3) is 0 Å². The number of benzene rings is 1. The summed E-state index contributed by atoms with van der Waals surface area (Å²) >= 11 is 3.39. The molecule has 5 nitrogen and oxygen atoms in total. The fraction of sp³-hybridized carbons (Fsp3) is 0.533. The number of hydrogen-bond donors (Lipinski definition) is 2. The van der Waals surface area contributed by atoms with E-state index in [4.69, 9.17) is 10.5 Å². The summed E-state index contributed by atoms with van der Waals surface area (Å²) in [5, 5.41) is 2.96. The molecule has 116 valence electrons. The Hall–Kier alpha value is -1.11. The van der Waals surface area contributed by atoms with E-state index >= 15 is 0 Å². The number of rotatable bonds is 4. The first-order valence-electron chi connectivity index (χ1n) is 7.13. The molecule has 1 amide bonds. The average Bonchev–Trinajstić information content (AvgIpc) is 2.43. The summed E-state index contributed by atoms with van der Waals surface area (Å²) in [6.07, 6.45) is 0. The van der Waals surface area contributed by atoms with Crippen molar-refractivity contribution in [3.8, 4) is 0 Å². The third kappa shape index (κ3) is 4.43. The third-order valence-corrected chi connectivity index (χ3v) is 4.14. The second kappa shape index (κ2) is 7.24. The molecule has 1 aliphatic rings. The van der Waals surface area contributed by atoms with Crippen LogP contribution in [0.1, 0.15) is 19.4 Å². The van der Waals surface area contributed by atoms with E-state index in [0.717, 1.165) is 16.6 Å². The molecule has 0 saturated carbocycles. The Kier molecular flexibility index (Phi) is 5.61. The summed E-state index contributed by atoms with van der Waals surface area (Å²) in [5.41, 5.74) is 7.73. The van der Waals surface area contributed by atoms with E-state index in [-0.39, 0.29) is 18.0 Å². The Bertz CT molecular complexity index is 508. The summed E-state index contributed by atoms with van der Waals surface area (Å²) < 4.78 is 6.35. The fourth-order valence-electron chi connectivity index (χ4n) is 2.38. The number of nitrogens with one attached hydrogen (secondary N) is 1. The van der Waals surface area contributed by atoms with Gasteiger partial charge in [-0.3, -0.25) is 9.69 Å². The predicted octanol–water partition coefficient (Wildman–Crippen LogP) is 1.76. The molecule has 1 aliphatic heterocycles. The standard InChI is InChI=1S/C15H22BrN3O2/c1-10(2)18-15(20)14-9-21-6-5-19(14)8-11-3-4-12(16)13(17)7-11/h3-4,7,10,14H,5-6,8-9,17H2,1-2H3,(H,18,20). The van der Waals surface area contributed by atoms with Gasteiger partial charge in [0.05, 0.1) is 13.2 Å². The lowest BCUT2D eigenvalue weighted by Crippen LogP contribution is -2.54. The van der Waals surface area contributed by atoms with Gasteiger partial charge in [-0.05, 0) is 47.5 Å². The van der Waals surface area contributed by atoms with E-state index in [1.54, 1.807) is 0 Å². The zero-order chi connectivity index (χ0) is 15.4. The average molecular weight is 356 g/mol. The maximum absolute atomic E-state index is 12.3. The highest BCUT2D eigenvalue weighted by Gasteiger charge is 2.29. The maximum Gasteiger partial charge on any atom is 0.239 e. The van der Waals surface area contributed by atoms with Gasteiger partial charge in [-0.1, -0.05) is 6.07 Å². The molecule has 1 fully saturated rings. The first kappa shape index (κ1) is 16.3. The van der Waals surface area contributed by atoms with Crippen LogP contribution in [0.25, 0.3) is 0 Å². The Morgan fingerprint density at radius 2 is 2.33 bits per heavy atom. The molecule has 0 bridgehead atoms. The van der Waals surface area contributed by atoms with Crippen molar-refractivity contribution in [2.24, 2.45) is 0 Å². The van der Waals surface area contributed by atoms with Gasteiger partial charge < -0.3 is 15.8 Å². The first-order chi connectivity index (χ1) is 9.97. The van der Waals surface area contributed by atoms with E-state index in [1.165, 1.54) is 0 Å². The number of nitrogens with zero attached hydrogens (tertiary/aromatic N) is 1. The molecular weight excluding hydrogens is 334 g/mol. The van der Waals surface area contributed by atoms with Crippen LogP contribution in [0.3, 0.4) is 0 Å². The SMILES string of the molecule is CC(C)NC(=O)C1COCCN1Cc1ccc(Br)c(N)c1. The first-order valence-corrected chi connectivity index (χ1v) is 7.92. The molecule has 1 aromatic rings. The minimum Gasteiger partial charge on any atom is -0.398 e. The lowest BCUT2D eigenvalue weighted by atomic mass is 10.1. The molecule has 0 aromatic heterocycles. The number of carbonyl (C=O) groups excluding carboxylic acids is 1. The smallest absolute Gasteiger partial charge is 0.239 e. The molecule has 1 unspecified atom stereocenters. The minimum atomic E-state index is -0.244. The number of ether oxygens (including phenoxy) is 1. The van der Waals surface area contributed by atoms with Crippen molar-refractivity contribution in [1.82, 2.24) is 10.2 Å². The van der Waals surface area contributed by atoms with Crippen molar-refractivity contribution in [2.75, 3.05) is 25.5 Å². The molecule has 3 N–H and O–H groups in total. The topological polar surface area (TPSA) is 67.6 Å². The van der Waals surface area contributed by atoms with Crippen molar-refractivity contribution in [1.29, 1.82) is 0 Å². The number of nitrogens with two attached hydrogens (primary N) is 1. The van der Waals surface area contributed by atoms with Crippen molar-refractivity contribution in [3.05, 3.63) is 28.2 Å². The monoisotopic (exact) mass is 355 g/mol. The number of anilines is 1. The summed E-state index contributed by atoms with van der Waals surface area (Å²) in [5.74, 6) is 0.0229. The molecule has 2 rings (SSSR count). The Labute approximate surface area is 134 Å². The zero-order valence-corrected chi connectivity index (χ0v) is 14.0. The van der Waals surface area contributed by atoms with Gasteiger partial charge >= 0.3 is 0 Å². The molecule has 1 aromatic carbocycles. The molecule has 1 saturated heterocycles. The molecular formula is C15H22BrN3O2. The lowest BCUT2D eigenvalue weighted by Gasteiger charge is -2.35. The summed E-state index contributed by atoms with van der Waals surface area (Å²) in [6, 6.07) is 5.79. The van der Waals surface area contributed by atoms with Crippen LogP contribution >= 0.6 is 15.9 Å². The Balaban J connectivity index is 2.07. The number of nitrogen functional groups attached to an aromatic ring is 1. The number of carbonyl (C=O) groups is 1. The number of amides is 1. The quantitative estimate of drug-likeness (QED) is 0.807. The number of morpholine rings is 1. The van der Waals surface area contributed by atoms with E-state index in [2.05, 4.69) is 26.1 Å². The van der Waals surface area contributed by atoms with Gasteiger partial charge in [0.1, 0.15) is 6.04 Å². The minimum absolute atomic E-state index is 0.0229. The van der Waals surface area contributed by atoms with Crippen molar-refractivity contribution < 1.29 is 9.53 Å². The highest BCUT2D eigenvalue weighted by molar-refractivity contribution is 9.10. The lowest BCUT2D eigenvalue weighted by molar-refractivity contribution is -0.133. The molecule has 6 heteroatoms. The van der Waals surface area contributed by atoms with Gasteiger partial charge in [-0.15, -0.1) is 0 Å². The zero-order valence-electron chi connectivity index (χ0n) is 12.4. The van der Waals surface area contributed by atoms with E-state index in [1.807, 2.05) is 32.0 Å². The largest absolute Gasteiger partial charge is 0.398 e. The Morgan fingerprint density at radius 3 is 3.00 bits per heavy atom. The molecule has 0 radical (unpaired) electrons. The van der Waals surface area contributed by atoms with Gasteiger partial charge in [-0.25, -0.2) is 0 Å². The Morgan fingerprint density at radius 1 is 1.57 bits per heavy atom. The van der Waals surface area contributed by atoms with Crippen LogP contribution in [0, 0.1) is 0 Å². The normalized spacial score (nSPS) is 19.7. The van der Waals surface area contributed by atoms with Gasteiger partial charge in [0, 0.05) is 29.3 Å². The van der Waals surface area contributed by atoms with Crippen molar-refractivity contribution >= 4 is 27.5 Å². The van der Waals surface area contributed by atoms with Crippen LogP contribution in [0.2, 0.25) is 0 Å². The number of halogens is 1. The highest BCUT2D eigenvalue weighted by atomic mass is 79.9. The summed E-state index contributed by atoms with van der Waals surface area (Å²) in [6.45, 7) is 6.44. The third-order valence-electron chi connectivity index (χ3n) is 3.42. The highest BCUT2D eigenvalue weighted by Crippen LogP contribution is 2.22. The summed E-state index contributed by atoms with van der Waals surface area (Å²) in [4.78, 5) is 14.4. The van der Waals surface area contributed by atoms with Crippen LogP contribution in [-0.2, 0) is 16.1 Å². The van der Waals surface area contributed by atoms with Gasteiger partial charge in [0.2, 0.25) is 5.91 Å².